The molecule has 0 aliphatic heterocycles. The minimum Gasteiger partial charge on any atom is -0.385 e. The lowest BCUT2D eigenvalue weighted by atomic mass is 10.2. The van der Waals surface area contributed by atoms with Gasteiger partial charge >= 0.3 is 0 Å². The van der Waals surface area contributed by atoms with Crippen molar-refractivity contribution in [3.63, 3.8) is 0 Å². The third kappa shape index (κ3) is 5.30. The monoisotopic (exact) mass is 290 g/mol. The van der Waals surface area contributed by atoms with Crippen molar-refractivity contribution in [3.8, 4) is 0 Å². The van der Waals surface area contributed by atoms with Crippen LogP contribution in [0.3, 0.4) is 0 Å². The minimum absolute atomic E-state index is 0.230. The second-order valence-electron chi connectivity index (χ2n) is 4.10. The van der Waals surface area contributed by atoms with Crippen molar-refractivity contribution < 1.29 is 13.9 Å². The van der Waals surface area contributed by atoms with E-state index in [9.17, 15) is 4.39 Å². The molecule has 1 aromatic heterocycles. The molecule has 0 saturated heterocycles. The van der Waals surface area contributed by atoms with Gasteiger partial charge in [-0.15, -0.1) is 11.6 Å². The molecule has 108 valence electrons. The van der Waals surface area contributed by atoms with E-state index in [1.807, 2.05) is 4.90 Å². The van der Waals surface area contributed by atoms with Crippen molar-refractivity contribution in [2.75, 3.05) is 45.4 Å². The molecule has 1 rings (SSSR count). The van der Waals surface area contributed by atoms with Gasteiger partial charge in [-0.1, -0.05) is 0 Å². The number of aromatic nitrogens is 1. The van der Waals surface area contributed by atoms with Crippen molar-refractivity contribution in [1.82, 2.24) is 4.98 Å². The maximum absolute atomic E-state index is 13.2. The highest BCUT2D eigenvalue weighted by Gasteiger charge is 2.13. The topological polar surface area (TPSA) is 34.6 Å². The smallest absolute Gasteiger partial charge is 0.141 e. The molecular formula is C13H20ClFN2O2. The molecule has 0 spiro atoms. The van der Waals surface area contributed by atoms with Crippen LogP contribution in [0.25, 0.3) is 0 Å². The largest absolute Gasteiger partial charge is 0.385 e. The van der Waals surface area contributed by atoms with Crippen LogP contribution < -0.4 is 4.90 Å². The molecule has 0 atom stereocenters. The van der Waals surface area contributed by atoms with Gasteiger partial charge in [-0.05, 0) is 12.5 Å². The standard InChI is InChI=1S/C13H20ClFN2O2/c1-18-6-3-4-17(5-7-19-2)13-11(9-14)8-12(15)10-16-13/h8,10H,3-7,9H2,1-2H3. The lowest BCUT2D eigenvalue weighted by molar-refractivity contribution is 0.191. The summed E-state index contributed by atoms with van der Waals surface area (Å²) in [5, 5.41) is 0. The third-order valence-electron chi connectivity index (χ3n) is 2.69. The van der Waals surface area contributed by atoms with Gasteiger partial charge in [0.2, 0.25) is 0 Å². The van der Waals surface area contributed by atoms with Crippen molar-refractivity contribution in [1.29, 1.82) is 0 Å². The van der Waals surface area contributed by atoms with Gasteiger partial charge in [0.1, 0.15) is 11.6 Å². The molecule has 1 heterocycles. The number of alkyl halides is 1. The van der Waals surface area contributed by atoms with Crippen molar-refractivity contribution in [2.45, 2.75) is 12.3 Å². The summed E-state index contributed by atoms with van der Waals surface area (Å²) in [5.74, 6) is 0.570. The number of methoxy groups -OCH3 is 2. The van der Waals surface area contributed by atoms with Crippen molar-refractivity contribution >= 4 is 17.4 Å². The first kappa shape index (κ1) is 16.1. The molecule has 4 nitrogen and oxygen atoms in total. The van der Waals surface area contributed by atoms with Crippen molar-refractivity contribution in [3.05, 3.63) is 23.6 Å². The van der Waals surface area contributed by atoms with E-state index in [0.717, 1.165) is 13.0 Å². The van der Waals surface area contributed by atoms with E-state index >= 15 is 0 Å². The normalized spacial score (nSPS) is 10.7. The van der Waals surface area contributed by atoms with Gasteiger partial charge in [0.15, 0.2) is 0 Å². The molecular weight excluding hydrogens is 271 g/mol. The summed E-state index contributed by atoms with van der Waals surface area (Å²) in [6, 6.07) is 1.42. The van der Waals surface area contributed by atoms with Crippen LogP contribution in [-0.4, -0.2) is 45.5 Å². The van der Waals surface area contributed by atoms with E-state index in [1.54, 1.807) is 14.2 Å². The fourth-order valence-corrected chi connectivity index (χ4v) is 1.98. The first-order valence-electron chi connectivity index (χ1n) is 6.16. The quantitative estimate of drug-likeness (QED) is 0.517. The third-order valence-corrected chi connectivity index (χ3v) is 2.98. The number of pyridine rings is 1. The molecule has 0 N–H and O–H groups in total. The Morgan fingerprint density at radius 2 is 2.00 bits per heavy atom. The second kappa shape index (κ2) is 9.07. The maximum atomic E-state index is 13.2. The molecule has 0 fully saturated rings. The first-order valence-corrected chi connectivity index (χ1v) is 6.69. The zero-order valence-electron chi connectivity index (χ0n) is 11.4. The molecule has 0 saturated carbocycles. The molecule has 1 aromatic rings. The SMILES string of the molecule is COCCCN(CCOC)c1ncc(F)cc1CCl. The van der Waals surface area contributed by atoms with E-state index in [2.05, 4.69) is 4.98 Å². The van der Waals surface area contributed by atoms with Crippen LogP contribution in [0.2, 0.25) is 0 Å². The van der Waals surface area contributed by atoms with Gasteiger partial charge in [0, 0.05) is 39.5 Å². The van der Waals surface area contributed by atoms with Crippen LogP contribution in [0, 0.1) is 5.82 Å². The zero-order valence-corrected chi connectivity index (χ0v) is 12.1. The number of anilines is 1. The van der Waals surface area contributed by atoms with Gasteiger partial charge in [-0.25, -0.2) is 9.37 Å². The summed E-state index contributed by atoms with van der Waals surface area (Å²) in [7, 11) is 3.31. The fourth-order valence-electron chi connectivity index (χ4n) is 1.78. The lowest BCUT2D eigenvalue weighted by Gasteiger charge is -2.25. The van der Waals surface area contributed by atoms with E-state index in [-0.39, 0.29) is 11.7 Å². The molecule has 0 aliphatic carbocycles. The number of hydrogen-bond donors (Lipinski definition) is 0. The van der Waals surface area contributed by atoms with Crippen LogP contribution in [0.4, 0.5) is 10.2 Å². The molecule has 0 bridgehead atoms. The fraction of sp³-hybridized carbons (Fsp3) is 0.615. The van der Waals surface area contributed by atoms with E-state index < -0.39 is 0 Å². The second-order valence-corrected chi connectivity index (χ2v) is 4.36. The number of halogens is 2. The average Bonchev–Trinajstić information content (AvgIpc) is 2.43. The van der Waals surface area contributed by atoms with E-state index in [4.69, 9.17) is 21.1 Å². The minimum atomic E-state index is -0.372. The van der Waals surface area contributed by atoms with Gasteiger partial charge in [-0.2, -0.15) is 0 Å². The van der Waals surface area contributed by atoms with Gasteiger partial charge in [-0.3, -0.25) is 0 Å². The predicted octanol–water partition coefficient (Wildman–Crippen LogP) is 2.45. The Morgan fingerprint density at radius 1 is 1.26 bits per heavy atom. The highest BCUT2D eigenvalue weighted by Crippen LogP contribution is 2.20. The Kier molecular flexibility index (Phi) is 7.70. The molecule has 0 unspecified atom stereocenters. The first-order chi connectivity index (χ1) is 9.22. The molecule has 0 amide bonds. The predicted molar refractivity (Wildman–Crippen MR) is 74.3 cm³/mol. The van der Waals surface area contributed by atoms with Crippen LogP contribution in [0.15, 0.2) is 12.3 Å². The molecule has 0 aliphatic rings. The maximum Gasteiger partial charge on any atom is 0.141 e. The van der Waals surface area contributed by atoms with E-state index in [1.165, 1.54) is 12.3 Å². The Morgan fingerprint density at radius 3 is 2.63 bits per heavy atom. The Bertz CT molecular complexity index is 380. The number of rotatable bonds is 9. The molecule has 0 radical (unpaired) electrons. The van der Waals surface area contributed by atoms with Gasteiger partial charge < -0.3 is 14.4 Å². The highest BCUT2D eigenvalue weighted by molar-refractivity contribution is 6.17. The number of ether oxygens (including phenoxy) is 2. The number of nitrogens with zero attached hydrogens (tertiary/aromatic N) is 2. The summed E-state index contributed by atoms with van der Waals surface area (Å²) in [5.41, 5.74) is 0.690. The van der Waals surface area contributed by atoms with E-state index in [0.29, 0.717) is 31.1 Å². The zero-order chi connectivity index (χ0) is 14.1. The summed E-state index contributed by atoms with van der Waals surface area (Å²) >= 11 is 5.85. The van der Waals surface area contributed by atoms with Crippen molar-refractivity contribution in [2.24, 2.45) is 0 Å². The Labute approximate surface area is 118 Å². The van der Waals surface area contributed by atoms with Gasteiger partial charge in [0.05, 0.1) is 18.7 Å². The van der Waals surface area contributed by atoms with Crippen LogP contribution in [0.1, 0.15) is 12.0 Å². The Balaban J connectivity index is 2.82. The van der Waals surface area contributed by atoms with Gasteiger partial charge in [0.25, 0.3) is 0 Å². The number of hydrogen-bond acceptors (Lipinski definition) is 4. The van der Waals surface area contributed by atoms with Crippen LogP contribution in [-0.2, 0) is 15.4 Å². The van der Waals surface area contributed by atoms with Crippen LogP contribution in [0.5, 0.6) is 0 Å². The summed E-state index contributed by atoms with van der Waals surface area (Å²) in [4.78, 5) is 6.19. The highest BCUT2D eigenvalue weighted by atomic mass is 35.5. The lowest BCUT2D eigenvalue weighted by Crippen LogP contribution is -2.30. The summed E-state index contributed by atoms with van der Waals surface area (Å²) < 4.78 is 23.3. The molecule has 19 heavy (non-hydrogen) atoms. The van der Waals surface area contributed by atoms with Crippen LogP contribution >= 0.6 is 11.6 Å². The Hall–Kier alpha value is -0.910. The summed E-state index contributed by atoms with van der Waals surface area (Å²) in [6.45, 7) is 2.69. The molecule has 6 heteroatoms. The average molecular weight is 291 g/mol. The summed E-state index contributed by atoms with van der Waals surface area (Å²) in [6.07, 6.45) is 2.07. The molecule has 0 aromatic carbocycles.